The molecule has 1 aliphatic rings. The van der Waals surface area contributed by atoms with Crippen molar-refractivity contribution in [2.75, 3.05) is 6.79 Å². The van der Waals surface area contributed by atoms with Gasteiger partial charge in [-0.25, -0.2) is 4.79 Å². The first-order valence-electron chi connectivity index (χ1n) is 10.5. The summed E-state index contributed by atoms with van der Waals surface area (Å²) in [7, 11) is 0. The molecule has 0 fully saturated rings. The van der Waals surface area contributed by atoms with Crippen molar-refractivity contribution in [3.63, 3.8) is 0 Å². The van der Waals surface area contributed by atoms with Gasteiger partial charge in [-0.2, -0.15) is 0 Å². The molecule has 32 heavy (non-hydrogen) atoms. The maximum atomic E-state index is 13.3. The molecule has 4 rings (SSSR count). The average molecular weight is 438 g/mol. The van der Waals surface area contributed by atoms with Crippen LogP contribution in [0.1, 0.15) is 30.9 Å². The van der Waals surface area contributed by atoms with Crippen LogP contribution in [-0.4, -0.2) is 46.0 Å². The van der Waals surface area contributed by atoms with Crippen LogP contribution in [0, 0.1) is 5.92 Å². The Morgan fingerprint density at radius 2 is 1.88 bits per heavy atom. The highest BCUT2D eigenvalue weighted by atomic mass is 16.7. The third-order valence-corrected chi connectivity index (χ3v) is 5.78. The van der Waals surface area contributed by atoms with Crippen molar-refractivity contribution >= 4 is 22.8 Å². The second kappa shape index (κ2) is 8.92. The van der Waals surface area contributed by atoms with Gasteiger partial charge in [0.15, 0.2) is 11.5 Å². The zero-order valence-electron chi connectivity index (χ0n) is 17.9. The van der Waals surface area contributed by atoms with E-state index >= 15 is 0 Å². The topological polar surface area (TPSA) is 121 Å². The predicted octanol–water partition coefficient (Wildman–Crippen LogP) is 2.81. The van der Waals surface area contributed by atoms with Crippen molar-refractivity contribution in [1.29, 1.82) is 0 Å². The predicted molar refractivity (Wildman–Crippen MR) is 118 cm³/mol. The number of benzene rings is 2. The van der Waals surface area contributed by atoms with Crippen molar-refractivity contribution in [2.24, 2.45) is 5.92 Å². The summed E-state index contributed by atoms with van der Waals surface area (Å²) in [6.07, 6.45) is 0.847. The summed E-state index contributed by atoms with van der Waals surface area (Å²) in [5.41, 5.74) is 2.22. The Morgan fingerprint density at radius 1 is 1.12 bits per heavy atom. The van der Waals surface area contributed by atoms with Gasteiger partial charge in [0.25, 0.3) is 0 Å². The Hall–Kier alpha value is -3.52. The van der Waals surface area contributed by atoms with Crippen molar-refractivity contribution in [3.8, 4) is 11.5 Å². The first-order valence-corrected chi connectivity index (χ1v) is 10.5. The van der Waals surface area contributed by atoms with Gasteiger partial charge in [0, 0.05) is 23.5 Å². The maximum Gasteiger partial charge on any atom is 0.326 e. The number of rotatable bonds is 8. The number of aromatic nitrogens is 1. The summed E-state index contributed by atoms with van der Waals surface area (Å²) in [4.78, 5) is 28.4. The number of hydrogen-bond donors (Lipinski definition) is 4. The number of fused-ring (bicyclic) bond motifs is 2. The highest BCUT2D eigenvalue weighted by Gasteiger charge is 2.34. The minimum atomic E-state index is -1.16. The smallest absolute Gasteiger partial charge is 0.326 e. The fraction of sp³-hybridized carbons (Fsp3) is 0.333. The van der Waals surface area contributed by atoms with Gasteiger partial charge in [-0.15, -0.1) is 0 Å². The number of aromatic amines is 1. The normalized spacial score (nSPS) is 15.5. The van der Waals surface area contributed by atoms with E-state index in [-0.39, 0.29) is 19.1 Å². The Kier molecular flexibility index (Phi) is 6.05. The number of hydrogen-bond acceptors (Lipinski definition) is 5. The second-order valence-electron chi connectivity index (χ2n) is 8.29. The lowest BCUT2D eigenvalue weighted by Gasteiger charge is -2.27. The number of aliphatic carboxylic acids is 1. The van der Waals surface area contributed by atoms with E-state index in [4.69, 9.17) is 9.47 Å². The van der Waals surface area contributed by atoms with Crippen LogP contribution in [0.5, 0.6) is 11.5 Å². The summed E-state index contributed by atoms with van der Waals surface area (Å²) >= 11 is 0. The molecular weight excluding hydrogens is 412 g/mol. The molecule has 0 spiro atoms. The molecule has 2 unspecified atom stereocenters. The van der Waals surface area contributed by atoms with Crippen LogP contribution >= 0.6 is 0 Å². The molecule has 0 saturated carbocycles. The summed E-state index contributed by atoms with van der Waals surface area (Å²) in [6, 6.07) is 11.5. The number of H-pyrrole nitrogens is 1. The molecule has 3 atom stereocenters. The van der Waals surface area contributed by atoms with Crippen molar-refractivity contribution in [3.05, 3.63) is 59.8 Å². The van der Waals surface area contributed by atoms with Crippen molar-refractivity contribution < 1.29 is 29.3 Å². The lowest BCUT2D eigenvalue weighted by molar-refractivity contribution is -0.142. The van der Waals surface area contributed by atoms with E-state index in [0.29, 0.717) is 17.1 Å². The number of aliphatic hydroxyl groups is 1. The number of carboxylic acid groups (broad SMARTS) is 1. The van der Waals surface area contributed by atoms with Crippen LogP contribution < -0.4 is 14.8 Å². The van der Waals surface area contributed by atoms with E-state index in [0.717, 1.165) is 16.5 Å². The van der Waals surface area contributed by atoms with E-state index in [2.05, 4.69) is 10.3 Å². The maximum absolute atomic E-state index is 13.3. The quantitative estimate of drug-likeness (QED) is 0.429. The zero-order chi connectivity index (χ0) is 22.8. The molecule has 2 aromatic carbocycles. The van der Waals surface area contributed by atoms with Gasteiger partial charge in [0.1, 0.15) is 6.04 Å². The first kappa shape index (κ1) is 21.7. The van der Waals surface area contributed by atoms with Gasteiger partial charge in [-0.1, -0.05) is 38.1 Å². The van der Waals surface area contributed by atoms with Gasteiger partial charge >= 0.3 is 5.97 Å². The van der Waals surface area contributed by atoms with E-state index in [9.17, 15) is 19.8 Å². The van der Waals surface area contributed by atoms with Crippen molar-refractivity contribution in [1.82, 2.24) is 10.3 Å². The Morgan fingerprint density at radius 3 is 2.62 bits per heavy atom. The lowest BCUT2D eigenvalue weighted by atomic mass is 9.86. The molecule has 8 nitrogen and oxygen atoms in total. The van der Waals surface area contributed by atoms with E-state index < -0.39 is 29.9 Å². The van der Waals surface area contributed by atoms with Gasteiger partial charge < -0.3 is 30.0 Å². The SMILES string of the molecule is CC(C)C(O)C(C(=O)N[C@@H](Cc1c[nH]c2ccccc12)C(=O)O)c1ccc2c(c1)OCO2. The Balaban J connectivity index is 1.59. The van der Waals surface area contributed by atoms with Crippen LogP contribution in [0.15, 0.2) is 48.7 Å². The molecule has 0 bridgehead atoms. The molecule has 4 N–H and O–H groups in total. The molecule has 2 heterocycles. The molecule has 3 aromatic rings. The number of para-hydroxylation sites is 1. The third kappa shape index (κ3) is 4.27. The van der Waals surface area contributed by atoms with E-state index in [1.54, 1.807) is 38.2 Å². The lowest BCUT2D eigenvalue weighted by Crippen LogP contribution is -2.47. The van der Waals surface area contributed by atoms with Gasteiger partial charge in [-0.05, 0) is 35.2 Å². The highest BCUT2D eigenvalue weighted by Crippen LogP contribution is 2.36. The molecule has 1 aliphatic heterocycles. The number of carbonyl (C=O) groups is 2. The van der Waals surface area contributed by atoms with Gasteiger partial charge in [0.2, 0.25) is 12.7 Å². The number of aliphatic hydroxyl groups excluding tert-OH is 1. The molecule has 0 aliphatic carbocycles. The fourth-order valence-corrected chi connectivity index (χ4v) is 3.98. The van der Waals surface area contributed by atoms with E-state index in [1.807, 2.05) is 24.3 Å². The third-order valence-electron chi connectivity index (χ3n) is 5.78. The van der Waals surface area contributed by atoms with E-state index in [1.165, 1.54) is 0 Å². The standard InChI is InChI=1S/C24H26N2O6/c1-13(2)22(27)21(14-7-8-19-20(10-14)32-12-31-19)23(28)26-18(24(29)30)9-15-11-25-17-6-4-3-5-16(15)17/h3-8,10-11,13,18,21-22,25,27H,9,12H2,1-2H3,(H,26,28)(H,29,30)/t18-,21?,22?/m0/s1. The Bertz CT molecular complexity index is 1140. The van der Waals surface area contributed by atoms with Crippen LogP contribution in [0.2, 0.25) is 0 Å². The minimum Gasteiger partial charge on any atom is -0.480 e. The minimum absolute atomic E-state index is 0.0914. The second-order valence-corrected chi connectivity index (χ2v) is 8.29. The molecule has 168 valence electrons. The fourth-order valence-electron chi connectivity index (χ4n) is 3.98. The monoisotopic (exact) mass is 438 g/mol. The number of ether oxygens (including phenoxy) is 2. The summed E-state index contributed by atoms with van der Waals surface area (Å²) in [5.74, 6) is -1.84. The molecule has 8 heteroatoms. The van der Waals surface area contributed by atoms with Crippen LogP contribution in [-0.2, 0) is 16.0 Å². The van der Waals surface area contributed by atoms with Crippen molar-refractivity contribution in [2.45, 2.75) is 38.3 Å². The molecule has 1 aromatic heterocycles. The number of nitrogens with one attached hydrogen (secondary N) is 2. The molecular formula is C24H26N2O6. The number of carbonyl (C=O) groups excluding carboxylic acids is 1. The largest absolute Gasteiger partial charge is 0.480 e. The summed E-state index contributed by atoms with van der Waals surface area (Å²) < 4.78 is 10.7. The molecule has 0 radical (unpaired) electrons. The number of amides is 1. The first-order chi connectivity index (χ1) is 15.3. The molecule has 1 amide bonds. The zero-order valence-corrected chi connectivity index (χ0v) is 17.9. The van der Waals surface area contributed by atoms with Gasteiger partial charge in [-0.3, -0.25) is 4.79 Å². The highest BCUT2D eigenvalue weighted by molar-refractivity contribution is 5.90. The van der Waals surface area contributed by atoms with Crippen LogP contribution in [0.25, 0.3) is 10.9 Å². The summed E-state index contributed by atoms with van der Waals surface area (Å²) in [6.45, 7) is 3.70. The Labute approximate surface area is 185 Å². The average Bonchev–Trinajstić information content (AvgIpc) is 3.40. The van der Waals surface area contributed by atoms with Crippen LogP contribution in [0.4, 0.5) is 0 Å². The van der Waals surface area contributed by atoms with Gasteiger partial charge in [0.05, 0.1) is 12.0 Å². The van der Waals surface area contributed by atoms with Crippen LogP contribution in [0.3, 0.4) is 0 Å². The number of carboxylic acids is 1. The summed E-state index contributed by atoms with van der Waals surface area (Å²) in [5, 5.41) is 24.2. The molecule has 0 saturated heterocycles.